The lowest BCUT2D eigenvalue weighted by atomic mass is 9.90. The summed E-state index contributed by atoms with van der Waals surface area (Å²) < 4.78 is 0. The van der Waals surface area contributed by atoms with E-state index in [1.807, 2.05) is 0 Å². The van der Waals surface area contributed by atoms with Crippen molar-refractivity contribution in [3.05, 3.63) is 33.0 Å². The van der Waals surface area contributed by atoms with E-state index in [0.29, 0.717) is 0 Å². The molecule has 3 nitrogen and oxygen atoms in total. The molecule has 0 unspecified atom stereocenters. The fourth-order valence-electron chi connectivity index (χ4n) is 3.59. The van der Waals surface area contributed by atoms with Gasteiger partial charge in [-0.3, -0.25) is 4.79 Å². The number of fused-ring (bicyclic) bond motifs is 1. The number of unbranched alkanes of at least 4 members (excludes halogenated alkanes) is 2. The molecule has 2 aliphatic rings. The van der Waals surface area contributed by atoms with E-state index in [-0.39, 0.29) is 5.91 Å². The van der Waals surface area contributed by atoms with E-state index in [1.54, 1.807) is 11.3 Å². The summed E-state index contributed by atoms with van der Waals surface area (Å²) in [6, 6.07) is 2.08. The fraction of sp³-hybridized carbons (Fsp3) is 0.600. The highest BCUT2D eigenvalue weighted by atomic mass is 32.1. The Morgan fingerprint density at radius 2 is 2.25 bits per heavy atom. The average Bonchev–Trinajstić information content (AvgIpc) is 3.19. The molecule has 0 fully saturated rings. The van der Waals surface area contributed by atoms with Crippen LogP contribution in [0.4, 0.5) is 0 Å². The SMILES string of the molecule is CCCCCC1=CCC/C1=N/NC(=O)c1cc2c(s1)CC[C@H](C)C2. The van der Waals surface area contributed by atoms with Crippen molar-refractivity contribution in [3.8, 4) is 0 Å². The summed E-state index contributed by atoms with van der Waals surface area (Å²) in [7, 11) is 0. The second-order valence-corrected chi connectivity index (χ2v) is 8.27. The van der Waals surface area contributed by atoms with E-state index in [0.717, 1.165) is 48.6 Å². The molecule has 1 atom stereocenters. The maximum absolute atomic E-state index is 12.4. The lowest BCUT2D eigenvalue weighted by molar-refractivity contribution is 0.0958. The summed E-state index contributed by atoms with van der Waals surface area (Å²) >= 11 is 1.65. The summed E-state index contributed by atoms with van der Waals surface area (Å²) in [5.74, 6) is 0.687. The Morgan fingerprint density at radius 1 is 1.38 bits per heavy atom. The second-order valence-electron chi connectivity index (χ2n) is 7.13. The van der Waals surface area contributed by atoms with Gasteiger partial charge < -0.3 is 0 Å². The highest BCUT2D eigenvalue weighted by molar-refractivity contribution is 7.14. The number of hydrogen-bond acceptors (Lipinski definition) is 3. The molecule has 1 aromatic rings. The van der Waals surface area contributed by atoms with E-state index in [1.165, 1.54) is 41.7 Å². The fourth-order valence-corrected chi connectivity index (χ4v) is 4.69. The van der Waals surface area contributed by atoms with Gasteiger partial charge in [-0.05, 0) is 68.1 Å². The van der Waals surface area contributed by atoms with Crippen LogP contribution in [0.15, 0.2) is 22.8 Å². The van der Waals surface area contributed by atoms with Crippen molar-refractivity contribution in [1.82, 2.24) is 5.43 Å². The minimum Gasteiger partial charge on any atom is -0.266 e. The summed E-state index contributed by atoms with van der Waals surface area (Å²) in [6.07, 6.45) is 12.6. The molecule has 0 aliphatic heterocycles. The number of allylic oxidation sites excluding steroid dienone is 2. The van der Waals surface area contributed by atoms with Gasteiger partial charge in [-0.25, -0.2) is 5.43 Å². The zero-order chi connectivity index (χ0) is 16.9. The molecule has 1 amide bonds. The van der Waals surface area contributed by atoms with Crippen molar-refractivity contribution in [1.29, 1.82) is 0 Å². The normalized spacial score (nSPS) is 21.7. The van der Waals surface area contributed by atoms with Crippen molar-refractivity contribution < 1.29 is 4.79 Å². The van der Waals surface area contributed by atoms with Crippen molar-refractivity contribution in [2.45, 2.75) is 71.6 Å². The molecule has 1 N–H and O–H groups in total. The van der Waals surface area contributed by atoms with Crippen LogP contribution < -0.4 is 5.43 Å². The maximum atomic E-state index is 12.4. The highest BCUT2D eigenvalue weighted by Gasteiger charge is 2.21. The molecular weight excluding hydrogens is 316 g/mol. The van der Waals surface area contributed by atoms with Crippen LogP contribution in [0, 0.1) is 5.92 Å². The lowest BCUT2D eigenvalue weighted by Crippen LogP contribution is -2.18. The predicted molar refractivity (Wildman–Crippen MR) is 102 cm³/mol. The smallest absolute Gasteiger partial charge is 0.266 e. The summed E-state index contributed by atoms with van der Waals surface area (Å²) in [4.78, 5) is 14.6. The Hall–Kier alpha value is -1.42. The number of thiophene rings is 1. The van der Waals surface area contributed by atoms with E-state index in [2.05, 4.69) is 36.5 Å². The lowest BCUT2D eigenvalue weighted by Gasteiger charge is -2.16. The van der Waals surface area contributed by atoms with Gasteiger partial charge in [-0.15, -0.1) is 11.3 Å². The van der Waals surface area contributed by atoms with Crippen molar-refractivity contribution in [2.24, 2.45) is 11.0 Å². The average molecular weight is 345 g/mol. The third kappa shape index (κ3) is 4.15. The van der Waals surface area contributed by atoms with E-state index >= 15 is 0 Å². The zero-order valence-corrected chi connectivity index (χ0v) is 15.7. The number of carbonyl (C=O) groups is 1. The van der Waals surface area contributed by atoms with E-state index in [9.17, 15) is 4.79 Å². The van der Waals surface area contributed by atoms with Crippen molar-refractivity contribution in [3.63, 3.8) is 0 Å². The quantitative estimate of drug-likeness (QED) is 0.555. The largest absolute Gasteiger partial charge is 0.281 e. The first-order valence-electron chi connectivity index (χ1n) is 9.35. The van der Waals surface area contributed by atoms with Crippen LogP contribution in [0.5, 0.6) is 0 Å². The Balaban J connectivity index is 1.60. The molecule has 0 saturated carbocycles. The van der Waals surface area contributed by atoms with Gasteiger partial charge in [0.05, 0.1) is 10.6 Å². The third-order valence-electron chi connectivity index (χ3n) is 5.04. The first-order valence-corrected chi connectivity index (χ1v) is 10.2. The molecule has 1 aromatic heterocycles. The second kappa shape index (κ2) is 8.11. The Kier molecular flexibility index (Phi) is 5.88. The predicted octanol–water partition coefficient (Wildman–Crippen LogP) is 5.26. The molecule has 0 aromatic carbocycles. The van der Waals surface area contributed by atoms with Crippen LogP contribution in [-0.2, 0) is 12.8 Å². The number of aryl methyl sites for hydroxylation is 1. The summed E-state index contributed by atoms with van der Waals surface area (Å²) in [5.41, 5.74) is 6.59. The minimum atomic E-state index is -0.0469. The third-order valence-corrected chi connectivity index (χ3v) is 6.27. The summed E-state index contributed by atoms with van der Waals surface area (Å²) in [6.45, 7) is 4.51. The first kappa shape index (κ1) is 17.4. The van der Waals surface area contributed by atoms with Crippen LogP contribution in [0.25, 0.3) is 0 Å². The van der Waals surface area contributed by atoms with Gasteiger partial charge in [-0.1, -0.05) is 32.8 Å². The van der Waals surface area contributed by atoms with Gasteiger partial charge in [0.1, 0.15) is 0 Å². The molecule has 1 heterocycles. The molecule has 4 heteroatoms. The van der Waals surface area contributed by atoms with Crippen LogP contribution in [0.2, 0.25) is 0 Å². The van der Waals surface area contributed by atoms with Crippen LogP contribution in [0.3, 0.4) is 0 Å². The highest BCUT2D eigenvalue weighted by Crippen LogP contribution is 2.32. The molecule has 0 bridgehead atoms. The number of carbonyl (C=O) groups excluding carboxylic acids is 1. The van der Waals surface area contributed by atoms with Gasteiger partial charge in [-0.2, -0.15) is 5.10 Å². The van der Waals surface area contributed by atoms with Gasteiger partial charge in [0.15, 0.2) is 0 Å². The molecular formula is C20H28N2OS. The number of rotatable bonds is 6. The van der Waals surface area contributed by atoms with Crippen LogP contribution in [0.1, 0.15) is 78.9 Å². The number of nitrogens with one attached hydrogen (secondary N) is 1. The first-order chi connectivity index (χ1) is 11.7. The minimum absolute atomic E-state index is 0.0469. The number of hydrazone groups is 1. The number of nitrogens with zero attached hydrogens (tertiary/aromatic N) is 1. The van der Waals surface area contributed by atoms with Gasteiger partial charge in [0.25, 0.3) is 5.91 Å². The molecule has 3 rings (SSSR count). The Bertz CT molecular complexity index is 657. The monoisotopic (exact) mass is 344 g/mol. The summed E-state index contributed by atoms with van der Waals surface area (Å²) in [5, 5.41) is 4.44. The van der Waals surface area contributed by atoms with Gasteiger partial charge in [0.2, 0.25) is 0 Å². The Labute approximate surface area is 149 Å². The van der Waals surface area contributed by atoms with Gasteiger partial charge in [0, 0.05) is 4.88 Å². The molecule has 2 aliphatic carbocycles. The van der Waals surface area contributed by atoms with E-state index in [4.69, 9.17) is 0 Å². The van der Waals surface area contributed by atoms with Crippen LogP contribution in [-0.4, -0.2) is 11.6 Å². The van der Waals surface area contributed by atoms with E-state index < -0.39 is 0 Å². The maximum Gasteiger partial charge on any atom is 0.281 e. The molecule has 0 radical (unpaired) electrons. The van der Waals surface area contributed by atoms with Crippen LogP contribution >= 0.6 is 11.3 Å². The molecule has 0 saturated heterocycles. The molecule has 130 valence electrons. The zero-order valence-electron chi connectivity index (χ0n) is 14.9. The number of amides is 1. The topological polar surface area (TPSA) is 41.5 Å². The van der Waals surface area contributed by atoms with Crippen molar-refractivity contribution in [2.75, 3.05) is 0 Å². The molecule has 0 spiro atoms. The standard InChI is InChI=1S/C20H28N2OS/c1-3-4-5-7-15-8-6-9-17(15)21-22-20(23)19-13-16-12-14(2)10-11-18(16)24-19/h8,13-14H,3-7,9-12H2,1-2H3,(H,22,23)/b21-17-/t14-/m0/s1. The van der Waals surface area contributed by atoms with Crippen molar-refractivity contribution >= 4 is 23.0 Å². The Morgan fingerprint density at radius 3 is 3.08 bits per heavy atom. The van der Waals surface area contributed by atoms with Gasteiger partial charge >= 0.3 is 0 Å². The molecule has 24 heavy (non-hydrogen) atoms. The number of hydrogen-bond donors (Lipinski definition) is 1.